The maximum Gasteiger partial charge on any atom is 0.0294 e. The number of benzene rings is 1. The van der Waals surface area contributed by atoms with E-state index in [2.05, 4.69) is 56.4 Å². The molecule has 0 saturated heterocycles. The van der Waals surface area contributed by atoms with E-state index >= 15 is 0 Å². The number of nitrogens with one attached hydrogen (secondary N) is 1. The van der Waals surface area contributed by atoms with Gasteiger partial charge in [0.05, 0.1) is 0 Å². The molecule has 1 aliphatic carbocycles. The minimum absolute atomic E-state index is 0.467. The van der Waals surface area contributed by atoms with Crippen LogP contribution in [0.4, 0.5) is 0 Å². The standard InChI is InChI=1S/C16H25N/c1-12-9-10-13(2)16(11-12)17-14(3)15-7-5-4-6-8-15/h4-8,12-14,16-17H,9-11H2,1-3H3/t12-,13-,14+,16+/m1/s1. The van der Waals surface area contributed by atoms with E-state index in [4.69, 9.17) is 0 Å². The van der Waals surface area contributed by atoms with Crippen molar-refractivity contribution in [3.05, 3.63) is 35.9 Å². The molecule has 1 aliphatic rings. The molecule has 2 rings (SSSR count). The Morgan fingerprint density at radius 2 is 1.82 bits per heavy atom. The van der Waals surface area contributed by atoms with E-state index in [-0.39, 0.29) is 0 Å². The lowest BCUT2D eigenvalue weighted by Crippen LogP contribution is -2.40. The Morgan fingerprint density at radius 3 is 2.53 bits per heavy atom. The van der Waals surface area contributed by atoms with E-state index in [0.29, 0.717) is 12.1 Å². The zero-order chi connectivity index (χ0) is 12.3. The molecule has 1 saturated carbocycles. The Labute approximate surface area is 106 Å². The van der Waals surface area contributed by atoms with E-state index in [1.807, 2.05) is 0 Å². The van der Waals surface area contributed by atoms with E-state index in [1.54, 1.807) is 0 Å². The predicted octanol–water partition coefficient (Wildman–Crippen LogP) is 4.16. The average Bonchev–Trinajstić information content (AvgIpc) is 2.35. The van der Waals surface area contributed by atoms with Crippen molar-refractivity contribution in [3.63, 3.8) is 0 Å². The van der Waals surface area contributed by atoms with Crippen LogP contribution in [0.25, 0.3) is 0 Å². The minimum atomic E-state index is 0.467. The van der Waals surface area contributed by atoms with Crippen molar-refractivity contribution < 1.29 is 0 Å². The first-order chi connectivity index (χ1) is 8.16. The third kappa shape index (κ3) is 3.32. The third-order valence-electron chi connectivity index (χ3n) is 4.22. The molecular formula is C16H25N. The second kappa shape index (κ2) is 5.68. The normalized spacial score (nSPS) is 31.1. The van der Waals surface area contributed by atoms with Crippen molar-refractivity contribution in [3.8, 4) is 0 Å². The summed E-state index contributed by atoms with van der Waals surface area (Å²) in [5, 5.41) is 3.82. The molecule has 1 aromatic rings. The zero-order valence-electron chi connectivity index (χ0n) is 11.3. The summed E-state index contributed by atoms with van der Waals surface area (Å²) in [4.78, 5) is 0. The Bertz CT molecular complexity index is 333. The summed E-state index contributed by atoms with van der Waals surface area (Å²) in [6.45, 7) is 7.05. The summed E-state index contributed by atoms with van der Waals surface area (Å²) in [5.41, 5.74) is 1.40. The summed E-state index contributed by atoms with van der Waals surface area (Å²) < 4.78 is 0. The van der Waals surface area contributed by atoms with Crippen molar-refractivity contribution >= 4 is 0 Å². The zero-order valence-corrected chi connectivity index (χ0v) is 11.3. The molecule has 0 heterocycles. The van der Waals surface area contributed by atoms with Crippen LogP contribution in [0.2, 0.25) is 0 Å². The third-order valence-corrected chi connectivity index (χ3v) is 4.22. The van der Waals surface area contributed by atoms with Gasteiger partial charge in [0.25, 0.3) is 0 Å². The van der Waals surface area contributed by atoms with Crippen LogP contribution in [-0.2, 0) is 0 Å². The van der Waals surface area contributed by atoms with Crippen LogP contribution in [0.15, 0.2) is 30.3 Å². The lowest BCUT2D eigenvalue weighted by molar-refractivity contribution is 0.216. The van der Waals surface area contributed by atoms with Crippen molar-refractivity contribution in [1.82, 2.24) is 5.32 Å². The maximum absolute atomic E-state index is 3.82. The van der Waals surface area contributed by atoms with Gasteiger partial charge in [-0.3, -0.25) is 0 Å². The molecule has 1 nitrogen and oxygen atoms in total. The molecule has 0 aromatic heterocycles. The topological polar surface area (TPSA) is 12.0 Å². The van der Waals surface area contributed by atoms with Gasteiger partial charge >= 0.3 is 0 Å². The van der Waals surface area contributed by atoms with Gasteiger partial charge in [0, 0.05) is 12.1 Å². The van der Waals surface area contributed by atoms with Gasteiger partial charge in [-0.05, 0) is 37.2 Å². The van der Waals surface area contributed by atoms with Crippen LogP contribution in [0.5, 0.6) is 0 Å². The van der Waals surface area contributed by atoms with Gasteiger partial charge in [-0.25, -0.2) is 0 Å². The fraction of sp³-hybridized carbons (Fsp3) is 0.625. The average molecular weight is 231 g/mol. The highest BCUT2D eigenvalue weighted by Gasteiger charge is 2.26. The Balaban J connectivity index is 1.96. The smallest absolute Gasteiger partial charge is 0.0294 e. The fourth-order valence-corrected chi connectivity index (χ4v) is 2.92. The monoisotopic (exact) mass is 231 g/mol. The Kier molecular flexibility index (Phi) is 4.22. The first-order valence-corrected chi connectivity index (χ1v) is 6.98. The highest BCUT2D eigenvalue weighted by molar-refractivity contribution is 5.18. The summed E-state index contributed by atoms with van der Waals surface area (Å²) in [6, 6.07) is 11.9. The SMILES string of the molecule is C[C@@H]1CC[C@@H](C)[C@@H](N[C@@H](C)c2ccccc2)C1. The molecular weight excluding hydrogens is 206 g/mol. The summed E-state index contributed by atoms with van der Waals surface area (Å²) >= 11 is 0. The second-order valence-corrected chi connectivity index (χ2v) is 5.80. The lowest BCUT2D eigenvalue weighted by atomic mass is 9.79. The van der Waals surface area contributed by atoms with Gasteiger partial charge in [0.2, 0.25) is 0 Å². The summed E-state index contributed by atoms with van der Waals surface area (Å²) in [6.07, 6.45) is 4.11. The van der Waals surface area contributed by atoms with Crippen LogP contribution in [-0.4, -0.2) is 6.04 Å². The molecule has 94 valence electrons. The van der Waals surface area contributed by atoms with E-state index in [0.717, 1.165) is 11.8 Å². The van der Waals surface area contributed by atoms with Crippen molar-refractivity contribution in [1.29, 1.82) is 0 Å². The highest BCUT2D eigenvalue weighted by atomic mass is 15.0. The van der Waals surface area contributed by atoms with Gasteiger partial charge < -0.3 is 5.32 Å². The first kappa shape index (κ1) is 12.6. The van der Waals surface area contributed by atoms with Gasteiger partial charge in [0.1, 0.15) is 0 Å². The van der Waals surface area contributed by atoms with Crippen LogP contribution < -0.4 is 5.32 Å². The second-order valence-electron chi connectivity index (χ2n) is 5.80. The lowest BCUT2D eigenvalue weighted by Gasteiger charge is -2.35. The summed E-state index contributed by atoms with van der Waals surface area (Å²) in [5.74, 6) is 1.70. The first-order valence-electron chi connectivity index (χ1n) is 6.98. The molecule has 1 aromatic carbocycles. The molecule has 4 atom stereocenters. The van der Waals surface area contributed by atoms with Crippen LogP contribution in [0.3, 0.4) is 0 Å². The van der Waals surface area contributed by atoms with Gasteiger partial charge in [-0.15, -0.1) is 0 Å². The van der Waals surface area contributed by atoms with Crippen LogP contribution >= 0.6 is 0 Å². The summed E-state index contributed by atoms with van der Waals surface area (Å²) in [7, 11) is 0. The molecule has 1 fully saturated rings. The largest absolute Gasteiger partial charge is 0.307 e. The highest BCUT2D eigenvalue weighted by Crippen LogP contribution is 2.30. The van der Waals surface area contributed by atoms with E-state index in [1.165, 1.54) is 24.8 Å². The molecule has 0 amide bonds. The predicted molar refractivity (Wildman–Crippen MR) is 74.0 cm³/mol. The molecule has 0 aliphatic heterocycles. The molecule has 17 heavy (non-hydrogen) atoms. The molecule has 0 spiro atoms. The minimum Gasteiger partial charge on any atom is -0.307 e. The van der Waals surface area contributed by atoms with Crippen molar-refractivity contribution in [2.75, 3.05) is 0 Å². The maximum atomic E-state index is 3.82. The van der Waals surface area contributed by atoms with Crippen molar-refractivity contribution in [2.45, 2.75) is 52.1 Å². The quantitative estimate of drug-likeness (QED) is 0.823. The Hall–Kier alpha value is -0.820. The number of hydrogen-bond acceptors (Lipinski definition) is 1. The van der Waals surface area contributed by atoms with Gasteiger partial charge in [0.15, 0.2) is 0 Å². The van der Waals surface area contributed by atoms with Gasteiger partial charge in [-0.1, -0.05) is 50.6 Å². The molecule has 1 N–H and O–H groups in total. The Morgan fingerprint density at radius 1 is 1.12 bits per heavy atom. The molecule has 0 unspecified atom stereocenters. The van der Waals surface area contributed by atoms with E-state index < -0.39 is 0 Å². The molecule has 1 heteroatoms. The number of rotatable bonds is 3. The van der Waals surface area contributed by atoms with Gasteiger partial charge in [-0.2, -0.15) is 0 Å². The number of hydrogen-bond donors (Lipinski definition) is 1. The van der Waals surface area contributed by atoms with E-state index in [9.17, 15) is 0 Å². The van der Waals surface area contributed by atoms with Crippen LogP contribution in [0.1, 0.15) is 51.6 Å². The van der Waals surface area contributed by atoms with Crippen molar-refractivity contribution in [2.24, 2.45) is 11.8 Å². The molecule has 0 bridgehead atoms. The fourth-order valence-electron chi connectivity index (χ4n) is 2.92. The van der Waals surface area contributed by atoms with Crippen LogP contribution in [0, 0.1) is 11.8 Å². The molecule has 0 radical (unpaired) electrons.